The van der Waals surface area contributed by atoms with Crippen molar-refractivity contribution >= 4 is 5.78 Å². The lowest BCUT2D eigenvalue weighted by molar-refractivity contribution is 0.0811. The first-order chi connectivity index (χ1) is 10.1. The normalized spacial score (nSPS) is 25.7. The number of carbonyl (C=O) groups excluding carboxylic acids is 1. The van der Waals surface area contributed by atoms with Crippen molar-refractivity contribution < 1.29 is 4.79 Å². The number of hydrogen-bond acceptors (Lipinski definition) is 4. The Morgan fingerprint density at radius 2 is 2.14 bits per heavy atom. The third-order valence-electron chi connectivity index (χ3n) is 4.27. The predicted octanol–water partition coefficient (Wildman–Crippen LogP) is 2.36. The van der Waals surface area contributed by atoms with Gasteiger partial charge in [0.1, 0.15) is 5.69 Å². The van der Waals surface area contributed by atoms with Gasteiger partial charge in [-0.2, -0.15) is 0 Å². The Bertz CT molecular complexity index is 637. The Hall–Kier alpha value is -2.01. The number of ketones is 1. The Morgan fingerprint density at radius 3 is 2.86 bits per heavy atom. The summed E-state index contributed by atoms with van der Waals surface area (Å²) >= 11 is 0. The molecule has 110 valence electrons. The average Bonchev–Trinajstić information content (AvgIpc) is 2.96. The van der Waals surface area contributed by atoms with Gasteiger partial charge in [-0.05, 0) is 30.9 Å². The zero-order valence-electron chi connectivity index (χ0n) is 12.2. The highest BCUT2D eigenvalue weighted by Gasteiger charge is 2.40. The molecule has 1 saturated carbocycles. The van der Waals surface area contributed by atoms with E-state index in [1.54, 1.807) is 4.68 Å². The van der Waals surface area contributed by atoms with Crippen molar-refractivity contribution in [2.24, 2.45) is 11.7 Å². The maximum absolute atomic E-state index is 12.9. The lowest BCUT2D eigenvalue weighted by atomic mass is 9.74. The summed E-state index contributed by atoms with van der Waals surface area (Å²) in [5, 5.41) is 7.94. The summed E-state index contributed by atoms with van der Waals surface area (Å²) in [6, 6.07) is 9.55. The van der Waals surface area contributed by atoms with Crippen molar-refractivity contribution in [3.8, 4) is 5.69 Å². The van der Waals surface area contributed by atoms with Crippen LogP contribution in [0.1, 0.15) is 43.1 Å². The molecule has 1 aromatic carbocycles. The molecule has 2 atom stereocenters. The number of carbonyl (C=O) groups is 1. The number of rotatable bonds is 3. The summed E-state index contributed by atoms with van der Waals surface area (Å²) in [7, 11) is 0. The van der Waals surface area contributed by atoms with Crippen molar-refractivity contribution in [2.75, 3.05) is 0 Å². The van der Waals surface area contributed by atoms with Crippen LogP contribution in [0, 0.1) is 5.92 Å². The summed E-state index contributed by atoms with van der Waals surface area (Å²) in [4.78, 5) is 12.9. The van der Waals surface area contributed by atoms with E-state index in [2.05, 4.69) is 17.2 Å². The number of hydrogen-bond donors (Lipinski definition) is 1. The van der Waals surface area contributed by atoms with Gasteiger partial charge in [0.25, 0.3) is 0 Å². The number of nitrogens with two attached hydrogens (primary N) is 1. The molecule has 0 aliphatic heterocycles. The van der Waals surface area contributed by atoms with Gasteiger partial charge in [0, 0.05) is 0 Å². The summed E-state index contributed by atoms with van der Waals surface area (Å²) < 4.78 is 1.58. The molecular weight excluding hydrogens is 264 g/mol. The monoisotopic (exact) mass is 284 g/mol. The maximum Gasteiger partial charge on any atom is 0.202 e. The van der Waals surface area contributed by atoms with Gasteiger partial charge in [-0.15, -0.1) is 5.10 Å². The second-order valence-electron chi connectivity index (χ2n) is 6.05. The minimum atomic E-state index is -0.786. The van der Waals surface area contributed by atoms with Crippen molar-refractivity contribution in [1.29, 1.82) is 0 Å². The fourth-order valence-corrected chi connectivity index (χ4v) is 3.20. The van der Waals surface area contributed by atoms with Crippen molar-refractivity contribution in [3.63, 3.8) is 0 Å². The van der Waals surface area contributed by atoms with Crippen LogP contribution in [-0.2, 0) is 0 Å². The van der Waals surface area contributed by atoms with Gasteiger partial charge in [-0.1, -0.05) is 43.2 Å². The molecule has 5 heteroatoms. The highest BCUT2D eigenvalue weighted by Crippen LogP contribution is 2.33. The molecule has 1 aliphatic carbocycles. The average molecular weight is 284 g/mol. The van der Waals surface area contributed by atoms with Crippen LogP contribution >= 0.6 is 0 Å². The molecule has 2 unspecified atom stereocenters. The Morgan fingerprint density at radius 1 is 1.38 bits per heavy atom. The highest BCUT2D eigenvalue weighted by atomic mass is 16.1. The molecule has 0 spiro atoms. The van der Waals surface area contributed by atoms with Gasteiger partial charge in [-0.3, -0.25) is 4.79 Å². The van der Waals surface area contributed by atoms with Crippen LogP contribution in [0.5, 0.6) is 0 Å². The molecule has 0 amide bonds. The third kappa shape index (κ3) is 2.61. The zero-order chi connectivity index (χ0) is 14.9. The number of benzene rings is 1. The Labute approximate surface area is 124 Å². The van der Waals surface area contributed by atoms with Crippen molar-refractivity contribution in [2.45, 2.75) is 38.1 Å². The minimum Gasteiger partial charge on any atom is -0.319 e. The molecule has 1 heterocycles. The quantitative estimate of drug-likeness (QED) is 0.878. The lowest BCUT2D eigenvalue weighted by Gasteiger charge is -2.35. The molecule has 0 saturated heterocycles. The standard InChI is InChI=1S/C16H20N4O/c1-12-6-5-9-16(17,10-12)15(21)14-11-18-19-20(14)13-7-3-2-4-8-13/h2-4,7-8,11-12H,5-6,9-10,17H2,1H3. The number of Topliss-reactive ketones (excluding diaryl/α,β-unsaturated/α-hetero) is 1. The van der Waals surface area contributed by atoms with E-state index in [4.69, 9.17) is 5.73 Å². The van der Waals surface area contributed by atoms with E-state index in [0.29, 0.717) is 11.6 Å². The van der Waals surface area contributed by atoms with Gasteiger partial charge in [0.2, 0.25) is 5.78 Å². The first-order valence-electron chi connectivity index (χ1n) is 7.40. The summed E-state index contributed by atoms with van der Waals surface area (Å²) in [6.45, 7) is 2.15. The molecule has 5 nitrogen and oxygen atoms in total. The SMILES string of the molecule is CC1CCCC(N)(C(=O)c2cnnn2-c2ccccc2)C1. The number of para-hydroxylation sites is 1. The van der Waals surface area contributed by atoms with Gasteiger partial charge in [0.05, 0.1) is 17.4 Å². The van der Waals surface area contributed by atoms with Crippen LogP contribution in [0.15, 0.2) is 36.5 Å². The van der Waals surface area contributed by atoms with Crippen LogP contribution in [0.2, 0.25) is 0 Å². The summed E-state index contributed by atoms with van der Waals surface area (Å²) in [6.07, 6.45) is 5.11. The molecule has 0 bridgehead atoms. The van der Waals surface area contributed by atoms with Crippen LogP contribution in [0.4, 0.5) is 0 Å². The lowest BCUT2D eigenvalue weighted by Crippen LogP contribution is -2.51. The molecule has 2 N–H and O–H groups in total. The van der Waals surface area contributed by atoms with Crippen LogP contribution < -0.4 is 5.73 Å². The van der Waals surface area contributed by atoms with Crippen molar-refractivity contribution in [1.82, 2.24) is 15.0 Å². The fraction of sp³-hybridized carbons (Fsp3) is 0.438. The van der Waals surface area contributed by atoms with Crippen LogP contribution in [0.25, 0.3) is 5.69 Å². The topological polar surface area (TPSA) is 73.8 Å². The van der Waals surface area contributed by atoms with Gasteiger partial charge < -0.3 is 5.73 Å². The van der Waals surface area contributed by atoms with E-state index < -0.39 is 5.54 Å². The first-order valence-corrected chi connectivity index (χ1v) is 7.40. The van der Waals surface area contributed by atoms with Gasteiger partial charge in [0.15, 0.2) is 0 Å². The second-order valence-corrected chi connectivity index (χ2v) is 6.05. The third-order valence-corrected chi connectivity index (χ3v) is 4.27. The van der Waals surface area contributed by atoms with E-state index in [-0.39, 0.29) is 5.78 Å². The predicted molar refractivity (Wildman–Crippen MR) is 80.2 cm³/mol. The molecule has 2 aromatic rings. The summed E-state index contributed by atoms with van der Waals surface area (Å²) in [5.41, 5.74) is 6.92. The highest BCUT2D eigenvalue weighted by molar-refractivity contribution is 6.02. The Kier molecular flexibility index (Phi) is 3.59. The second kappa shape index (κ2) is 5.41. The molecular formula is C16H20N4O. The molecule has 1 fully saturated rings. The van der Waals surface area contributed by atoms with E-state index >= 15 is 0 Å². The largest absolute Gasteiger partial charge is 0.319 e. The van der Waals surface area contributed by atoms with Crippen LogP contribution in [-0.4, -0.2) is 26.3 Å². The van der Waals surface area contributed by atoms with Gasteiger partial charge in [-0.25, -0.2) is 4.68 Å². The van der Waals surface area contributed by atoms with Gasteiger partial charge >= 0.3 is 0 Å². The zero-order valence-corrected chi connectivity index (χ0v) is 12.2. The Balaban J connectivity index is 1.95. The first kappa shape index (κ1) is 13.9. The summed E-state index contributed by atoms with van der Waals surface area (Å²) in [5.74, 6) is 0.427. The van der Waals surface area contributed by atoms with E-state index in [9.17, 15) is 4.79 Å². The molecule has 21 heavy (non-hydrogen) atoms. The molecule has 0 radical (unpaired) electrons. The van der Waals surface area contributed by atoms with E-state index in [1.807, 2.05) is 30.3 Å². The molecule has 1 aromatic heterocycles. The van der Waals surface area contributed by atoms with Crippen molar-refractivity contribution in [3.05, 3.63) is 42.2 Å². The molecule has 1 aliphatic rings. The fourth-order valence-electron chi connectivity index (χ4n) is 3.20. The van der Waals surface area contributed by atoms with E-state index in [1.165, 1.54) is 6.20 Å². The van der Waals surface area contributed by atoms with Crippen LogP contribution in [0.3, 0.4) is 0 Å². The number of nitrogens with zero attached hydrogens (tertiary/aromatic N) is 3. The minimum absolute atomic E-state index is 0.0529. The maximum atomic E-state index is 12.9. The van der Waals surface area contributed by atoms with E-state index in [0.717, 1.165) is 31.4 Å². The molecule has 3 rings (SSSR count). The number of aromatic nitrogens is 3. The smallest absolute Gasteiger partial charge is 0.202 e.